The molecule has 29 heavy (non-hydrogen) atoms. The van der Waals surface area contributed by atoms with Gasteiger partial charge < -0.3 is 4.90 Å². The number of sulfone groups is 1. The second-order valence-electron chi connectivity index (χ2n) is 7.06. The third-order valence-corrected chi connectivity index (χ3v) is 6.26. The maximum Gasteiger partial charge on any atom is 0.331 e. The fourth-order valence-electron chi connectivity index (χ4n) is 3.61. The number of aromatic nitrogens is 1. The fourth-order valence-corrected chi connectivity index (χ4v) is 4.48. The number of carbonyl (C=O) groups excluding carboxylic acids is 1. The fraction of sp³-hybridized carbons (Fsp3) is 0.182. The molecule has 148 valence electrons. The number of para-hydroxylation sites is 1. The highest BCUT2D eigenvalue weighted by atomic mass is 32.2. The van der Waals surface area contributed by atoms with Crippen LogP contribution in [0.3, 0.4) is 0 Å². The number of rotatable bonds is 4. The van der Waals surface area contributed by atoms with E-state index >= 15 is 0 Å². The van der Waals surface area contributed by atoms with Crippen molar-refractivity contribution in [1.82, 2.24) is 9.88 Å². The Morgan fingerprint density at radius 3 is 2.38 bits per heavy atom. The molecule has 0 radical (unpaired) electrons. The summed E-state index contributed by atoms with van der Waals surface area (Å²) in [5.41, 5.74) is 2.17. The van der Waals surface area contributed by atoms with Crippen molar-refractivity contribution in [2.45, 2.75) is 24.4 Å². The van der Waals surface area contributed by atoms with Crippen LogP contribution < -0.4 is 4.90 Å². The first-order valence-electron chi connectivity index (χ1n) is 9.26. The molecule has 0 fully saturated rings. The summed E-state index contributed by atoms with van der Waals surface area (Å²) in [5.74, 6) is 0.463. The lowest BCUT2D eigenvalue weighted by molar-refractivity contribution is 0.180. The Kier molecular flexibility index (Phi) is 4.84. The van der Waals surface area contributed by atoms with E-state index in [9.17, 15) is 13.2 Å². The van der Waals surface area contributed by atoms with Crippen molar-refractivity contribution >= 4 is 27.4 Å². The summed E-state index contributed by atoms with van der Waals surface area (Å²) in [6, 6.07) is 19.5. The number of hydrogen-bond acceptors (Lipinski definition) is 4. The molecule has 0 N–H and O–H groups in total. The molecule has 2 heterocycles. The molecule has 0 saturated carbocycles. The lowest BCUT2D eigenvalue weighted by Crippen LogP contribution is -2.46. The molecule has 2 amide bonds. The lowest BCUT2D eigenvalue weighted by atomic mass is 10.0. The van der Waals surface area contributed by atoms with Crippen molar-refractivity contribution in [3.63, 3.8) is 0 Å². The zero-order chi connectivity index (χ0) is 20.6. The van der Waals surface area contributed by atoms with E-state index in [4.69, 9.17) is 0 Å². The molecular formula is C22H21N3O3S. The van der Waals surface area contributed by atoms with Gasteiger partial charge in [0.25, 0.3) is 0 Å². The highest BCUT2D eigenvalue weighted by Gasteiger charge is 2.37. The topological polar surface area (TPSA) is 70.6 Å². The number of amides is 2. The molecule has 0 saturated heterocycles. The van der Waals surface area contributed by atoms with Crippen LogP contribution in [0.2, 0.25) is 0 Å². The minimum Gasteiger partial charge on any atom is -0.313 e. The number of urea groups is 1. The highest BCUT2D eigenvalue weighted by molar-refractivity contribution is 7.90. The summed E-state index contributed by atoms with van der Waals surface area (Å²) in [6.45, 7) is 2.37. The standard InChI is InChI=1S/C22H21N3O3S/c1-16(17-9-4-3-5-10-17)24-15-18-11-8-14-23-21(18)25(22(24)26)19-12-6-7-13-20(19)29(2,27)28/h3-14,16H,15H2,1-2H3. The summed E-state index contributed by atoms with van der Waals surface area (Å²) >= 11 is 0. The van der Waals surface area contributed by atoms with Crippen LogP contribution in [0.25, 0.3) is 0 Å². The molecule has 6 nitrogen and oxygen atoms in total. The highest BCUT2D eigenvalue weighted by Crippen LogP contribution is 2.39. The van der Waals surface area contributed by atoms with E-state index in [0.717, 1.165) is 17.4 Å². The van der Waals surface area contributed by atoms with Gasteiger partial charge in [0, 0.05) is 18.0 Å². The van der Waals surface area contributed by atoms with Crippen LogP contribution >= 0.6 is 0 Å². The van der Waals surface area contributed by atoms with Gasteiger partial charge in [0.05, 0.1) is 23.2 Å². The van der Waals surface area contributed by atoms with Crippen LogP contribution in [-0.2, 0) is 16.4 Å². The van der Waals surface area contributed by atoms with Crippen molar-refractivity contribution in [2.24, 2.45) is 0 Å². The van der Waals surface area contributed by atoms with Crippen molar-refractivity contribution in [3.05, 3.63) is 84.1 Å². The molecule has 1 aliphatic rings. The third-order valence-electron chi connectivity index (χ3n) is 5.11. The van der Waals surface area contributed by atoms with Gasteiger partial charge in [-0.05, 0) is 30.7 Å². The molecule has 0 aliphatic carbocycles. The lowest BCUT2D eigenvalue weighted by Gasteiger charge is -2.39. The molecule has 0 spiro atoms. The molecule has 2 aromatic carbocycles. The Balaban J connectivity index is 1.87. The average molecular weight is 407 g/mol. The Hall–Kier alpha value is -3.19. The van der Waals surface area contributed by atoms with Gasteiger partial charge in [-0.15, -0.1) is 0 Å². The molecule has 3 aromatic rings. The van der Waals surface area contributed by atoms with Crippen LogP contribution in [-0.4, -0.2) is 30.6 Å². The predicted octanol–water partition coefficient (Wildman–Crippen LogP) is 4.32. The van der Waals surface area contributed by atoms with E-state index in [-0.39, 0.29) is 17.0 Å². The van der Waals surface area contributed by atoms with E-state index in [1.54, 1.807) is 29.3 Å². The normalized spacial score (nSPS) is 15.2. The Labute approximate surface area is 170 Å². The van der Waals surface area contributed by atoms with Gasteiger partial charge in [0.1, 0.15) is 5.82 Å². The molecule has 7 heteroatoms. The maximum atomic E-state index is 13.6. The van der Waals surface area contributed by atoms with Crippen LogP contribution in [0.4, 0.5) is 16.3 Å². The van der Waals surface area contributed by atoms with Crippen molar-refractivity contribution in [2.75, 3.05) is 11.2 Å². The first-order chi connectivity index (χ1) is 13.9. The van der Waals surface area contributed by atoms with Gasteiger partial charge in [0.2, 0.25) is 0 Å². The first-order valence-corrected chi connectivity index (χ1v) is 11.2. The molecule has 1 unspecified atom stereocenters. The van der Waals surface area contributed by atoms with E-state index in [2.05, 4.69) is 4.98 Å². The largest absolute Gasteiger partial charge is 0.331 e. The molecule has 4 rings (SSSR count). The molecule has 0 bridgehead atoms. The number of anilines is 2. The molecule has 1 aromatic heterocycles. The van der Waals surface area contributed by atoms with Gasteiger partial charge >= 0.3 is 6.03 Å². The number of fused-ring (bicyclic) bond motifs is 1. The van der Waals surface area contributed by atoms with E-state index in [0.29, 0.717) is 18.1 Å². The summed E-state index contributed by atoms with van der Waals surface area (Å²) < 4.78 is 24.8. The van der Waals surface area contributed by atoms with Crippen LogP contribution in [0, 0.1) is 0 Å². The van der Waals surface area contributed by atoms with E-state index in [1.807, 2.05) is 49.4 Å². The number of hydrogen-bond donors (Lipinski definition) is 0. The summed E-state index contributed by atoms with van der Waals surface area (Å²) in [7, 11) is -3.54. The Morgan fingerprint density at radius 2 is 1.66 bits per heavy atom. The maximum absolute atomic E-state index is 13.6. The van der Waals surface area contributed by atoms with Gasteiger partial charge in [0.15, 0.2) is 9.84 Å². The van der Waals surface area contributed by atoms with Gasteiger partial charge in [-0.3, -0.25) is 0 Å². The summed E-state index contributed by atoms with van der Waals surface area (Å²) in [5, 5.41) is 0. The molecular weight excluding hydrogens is 386 g/mol. The molecule has 1 atom stereocenters. The minimum absolute atomic E-state index is 0.0965. The Morgan fingerprint density at radius 1 is 0.966 bits per heavy atom. The van der Waals surface area contributed by atoms with Crippen molar-refractivity contribution in [1.29, 1.82) is 0 Å². The van der Waals surface area contributed by atoms with E-state index < -0.39 is 9.84 Å². The quantitative estimate of drug-likeness (QED) is 0.646. The number of nitrogens with zero attached hydrogens (tertiary/aromatic N) is 3. The summed E-state index contributed by atoms with van der Waals surface area (Å²) in [6.07, 6.45) is 2.75. The minimum atomic E-state index is -3.54. The zero-order valence-corrected chi connectivity index (χ0v) is 17.0. The molecule has 1 aliphatic heterocycles. The van der Waals surface area contributed by atoms with Crippen LogP contribution in [0.1, 0.15) is 24.1 Å². The average Bonchev–Trinajstić information content (AvgIpc) is 2.73. The first kappa shape index (κ1) is 19.1. The third kappa shape index (κ3) is 3.49. The predicted molar refractivity (Wildman–Crippen MR) is 112 cm³/mol. The smallest absolute Gasteiger partial charge is 0.313 e. The second-order valence-corrected chi connectivity index (χ2v) is 9.04. The zero-order valence-electron chi connectivity index (χ0n) is 16.2. The Bertz CT molecular complexity index is 1160. The van der Waals surface area contributed by atoms with Gasteiger partial charge in [-0.2, -0.15) is 0 Å². The number of benzene rings is 2. The van der Waals surface area contributed by atoms with Crippen molar-refractivity contribution < 1.29 is 13.2 Å². The second kappa shape index (κ2) is 7.33. The summed E-state index contributed by atoms with van der Waals surface area (Å²) in [4.78, 5) is 21.2. The SMILES string of the molecule is CC(c1ccccc1)N1Cc2cccnc2N(c2ccccc2S(C)(=O)=O)C1=O. The van der Waals surface area contributed by atoms with Gasteiger partial charge in [-0.25, -0.2) is 23.1 Å². The van der Waals surface area contributed by atoms with E-state index in [1.165, 1.54) is 11.0 Å². The van der Waals surface area contributed by atoms with Crippen molar-refractivity contribution in [3.8, 4) is 0 Å². The monoisotopic (exact) mass is 407 g/mol. The van der Waals surface area contributed by atoms with Gasteiger partial charge in [-0.1, -0.05) is 48.5 Å². The number of carbonyl (C=O) groups is 1. The number of pyridine rings is 1. The van der Waals surface area contributed by atoms with Crippen LogP contribution in [0.5, 0.6) is 0 Å². The van der Waals surface area contributed by atoms with Crippen LogP contribution in [0.15, 0.2) is 77.8 Å².